The standard InChI is InChI=1S/C28H38ClFO2/c1-2-3-4-6-19-9-11-20(12-10-19)21-13-15-24-22(17-21)7-5-8-25(24)28(31)32-27-16-14-23(29)18-26(27)30/h2-3,14,16,18-22,24-25H,4-13,15,17H2,1H3/b3-2+. The van der Waals surface area contributed by atoms with E-state index in [-0.39, 0.29) is 17.6 Å². The third-order valence-corrected chi connectivity index (χ3v) is 8.87. The molecule has 3 aliphatic carbocycles. The molecule has 0 N–H and O–H groups in total. The van der Waals surface area contributed by atoms with Crippen molar-refractivity contribution in [3.8, 4) is 5.75 Å². The highest BCUT2D eigenvalue weighted by Gasteiger charge is 2.43. The van der Waals surface area contributed by atoms with Crippen LogP contribution in [-0.2, 0) is 4.79 Å². The fourth-order valence-electron chi connectivity index (χ4n) is 6.91. The molecule has 0 radical (unpaired) electrons. The fraction of sp³-hybridized carbons (Fsp3) is 0.679. The van der Waals surface area contributed by atoms with Crippen molar-refractivity contribution >= 4 is 17.6 Å². The molecule has 3 saturated carbocycles. The number of fused-ring (bicyclic) bond motifs is 1. The van der Waals surface area contributed by atoms with E-state index in [9.17, 15) is 9.18 Å². The number of ether oxygens (including phenoxy) is 1. The molecule has 1 aromatic rings. The number of hydrogen-bond acceptors (Lipinski definition) is 2. The van der Waals surface area contributed by atoms with Crippen molar-refractivity contribution < 1.29 is 13.9 Å². The van der Waals surface area contributed by atoms with Crippen LogP contribution >= 0.6 is 11.6 Å². The van der Waals surface area contributed by atoms with Crippen molar-refractivity contribution in [2.75, 3.05) is 0 Å². The van der Waals surface area contributed by atoms with Crippen molar-refractivity contribution in [3.05, 3.63) is 41.2 Å². The average molecular weight is 461 g/mol. The van der Waals surface area contributed by atoms with Crippen LogP contribution in [0.5, 0.6) is 5.75 Å². The molecule has 0 amide bonds. The van der Waals surface area contributed by atoms with E-state index in [2.05, 4.69) is 19.1 Å². The van der Waals surface area contributed by atoms with Crippen LogP contribution in [0, 0.1) is 41.3 Å². The largest absolute Gasteiger partial charge is 0.423 e. The lowest BCUT2D eigenvalue weighted by molar-refractivity contribution is -0.144. The number of benzene rings is 1. The van der Waals surface area contributed by atoms with E-state index in [1.54, 1.807) is 6.07 Å². The van der Waals surface area contributed by atoms with Gasteiger partial charge < -0.3 is 4.74 Å². The number of carbonyl (C=O) groups is 1. The van der Waals surface area contributed by atoms with Gasteiger partial charge in [0.2, 0.25) is 0 Å². The Hall–Kier alpha value is -1.35. The van der Waals surface area contributed by atoms with Crippen LogP contribution in [0.1, 0.15) is 84.0 Å². The SMILES string of the molecule is C/C=C/CCC1CCC(C2CCC3C(CCCC3C(=O)Oc3ccc(Cl)cc3F)C2)CC1. The number of carbonyl (C=O) groups excluding carboxylic acids is 1. The number of halogens is 2. The summed E-state index contributed by atoms with van der Waals surface area (Å²) in [5, 5.41) is 0.310. The minimum atomic E-state index is -0.566. The zero-order valence-corrected chi connectivity index (χ0v) is 20.2. The molecule has 0 heterocycles. The maximum Gasteiger partial charge on any atom is 0.314 e. The van der Waals surface area contributed by atoms with E-state index in [4.69, 9.17) is 16.3 Å². The van der Waals surface area contributed by atoms with Gasteiger partial charge in [0.05, 0.1) is 5.92 Å². The molecular weight excluding hydrogens is 423 g/mol. The number of allylic oxidation sites excluding steroid dienone is 2. The Bertz CT molecular complexity index is 799. The Balaban J connectivity index is 1.30. The highest BCUT2D eigenvalue weighted by Crippen LogP contribution is 2.50. The van der Waals surface area contributed by atoms with E-state index in [0.717, 1.165) is 37.0 Å². The lowest BCUT2D eigenvalue weighted by atomic mass is 9.59. The fourth-order valence-corrected chi connectivity index (χ4v) is 7.07. The van der Waals surface area contributed by atoms with Gasteiger partial charge in [0, 0.05) is 5.02 Å². The van der Waals surface area contributed by atoms with Gasteiger partial charge in [-0.25, -0.2) is 4.39 Å². The maximum absolute atomic E-state index is 14.1. The van der Waals surface area contributed by atoms with E-state index in [0.29, 0.717) is 16.9 Å². The minimum absolute atomic E-state index is 0.00129. The van der Waals surface area contributed by atoms with Crippen molar-refractivity contribution in [1.82, 2.24) is 0 Å². The normalized spacial score (nSPS) is 33.1. The molecule has 0 saturated heterocycles. The van der Waals surface area contributed by atoms with Gasteiger partial charge in [-0.2, -0.15) is 0 Å². The van der Waals surface area contributed by atoms with Crippen LogP contribution in [0.25, 0.3) is 0 Å². The van der Waals surface area contributed by atoms with Gasteiger partial charge in [0.25, 0.3) is 0 Å². The second-order valence-corrected chi connectivity index (χ2v) is 10.9. The summed E-state index contributed by atoms with van der Waals surface area (Å²) in [4.78, 5) is 13.0. The first-order valence-corrected chi connectivity index (χ1v) is 13.2. The first kappa shape index (κ1) is 23.8. The highest BCUT2D eigenvalue weighted by molar-refractivity contribution is 6.30. The van der Waals surface area contributed by atoms with E-state index in [1.165, 1.54) is 69.9 Å². The van der Waals surface area contributed by atoms with Gasteiger partial charge in [-0.15, -0.1) is 0 Å². The molecule has 0 aromatic heterocycles. The van der Waals surface area contributed by atoms with Crippen LogP contribution in [0.2, 0.25) is 5.02 Å². The molecular formula is C28H38ClFO2. The van der Waals surface area contributed by atoms with Crippen molar-refractivity contribution in [2.24, 2.45) is 35.5 Å². The zero-order chi connectivity index (χ0) is 22.5. The summed E-state index contributed by atoms with van der Waals surface area (Å²) >= 11 is 5.82. The van der Waals surface area contributed by atoms with Crippen LogP contribution in [0.4, 0.5) is 4.39 Å². The summed E-state index contributed by atoms with van der Waals surface area (Å²) in [7, 11) is 0. The second-order valence-electron chi connectivity index (χ2n) is 10.5. The van der Waals surface area contributed by atoms with Crippen LogP contribution in [-0.4, -0.2) is 5.97 Å². The molecule has 2 nitrogen and oxygen atoms in total. The predicted molar refractivity (Wildman–Crippen MR) is 128 cm³/mol. The van der Waals surface area contributed by atoms with E-state index >= 15 is 0 Å². The maximum atomic E-state index is 14.1. The topological polar surface area (TPSA) is 26.3 Å². The van der Waals surface area contributed by atoms with Crippen LogP contribution < -0.4 is 4.74 Å². The minimum Gasteiger partial charge on any atom is -0.423 e. The molecule has 176 valence electrons. The molecule has 0 bridgehead atoms. The van der Waals surface area contributed by atoms with E-state index < -0.39 is 5.82 Å². The van der Waals surface area contributed by atoms with Crippen LogP contribution in [0.3, 0.4) is 0 Å². The smallest absolute Gasteiger partial charge is 0.314 e. The lowest BCUT2D eigenvalue weighted by Crippen LogP contribution is -2.40. The van der Waals surface area contributed by atoms with Gasteiger partial charge in [-0.05, 0) is 106 Å². The number of hydrogen-bond donors (Lipinski definition) is 0. The molecule has 0 aliphatic heterocycles. The highest BCUT2D eigenvalue weighted by atomic mass is 35.5. The summed E-state index contributed by atoms with van der Waals surface area (Å²) in [5.74, 6) is 2.75. The Morgan fingerprint density at radius 3 is 2.59 bits per heavy atom. The third kappa shape index (κ3) is 5.76. The van der Waals surface area contributed by atoms with Gasteiger partial charge in [0.15, 0.2) is 11.6 Å². The van der Waals surface area contributed by atoms with Gasteiger partial charge in [0.1, 0.15) is 0 Å². The molecule has 4 rings (SSSR count). The first-order valence-electron chi connectivity index (χ1n) is 12.8. The monoisotopic (exact) mass is 460 g/mol. The van der Waals surface area contributed by atoms with Gasteiger partial charge in [-0.1, -0.05) is 49.4 Å². The summed E-state index contributed by atoms with van der Waals surface area (Å²) in [6.07, 6.45) is 19.5. The lowest BCUT2D eigenvalue weighted by Gasteiger charge is -2.46. The van der Waals surface area contributed by atoms with Crippen LogP contribution in [0.15, 0.2) is 30.4 Å². The molecule has 1 aromatic carbocycles. The van der Waals surface area contributed by atoms with Gasteiger partial charge in [-0.3, -0.25) is 4.79 Å². The van der Waals surface area contributed by atoms with Gasteiger partial charge >= 0.3 is 5.97 Å². The van der Waals surface area contributed by atoms with Crippen molar-refractivity contribution in [2.45, 2.75) is 84.0 Å². The second kappa shape index (κ2) is 11.2. The predicted octanol–water partition coefficient (Wildman–Crippen LogP) is 8.38. The Morgan fingerprint density at radius 2 is 1.84 bits per heavy atom. The first-order chi connectivity index (χ1) is 15.5. The molecule has 4 unspecified atom stereocenters. The molecule has 0 spiro atoms. The Labute approximate surface area is 197 Å². The number of rotatable bonds is 6. The van der Waals surface area contributed by atoms with Crippen molar-refractivity contribution in [1.29, 1.82) is 0 Å². The Kier molecular flexibility index (Phi) is 8.32. The summed E-state index contributed by atoms with van der Waals surface area (Å²) < 4.78 is 19.6. The van der Waals surface area contributed by atoms with E-state index in [1.807, 2.05) is 0 Å². The summed E-state index contributed by atoms with van der Waals surface area (Å²) in [6, 6.07) is 4.23. The number of esters is 1. The van der Waals surface area contributed by atoms with Crippen molar-refractivity contribution in [3.63, 3.8) is 0 Å². The Morgan fingerprint density at radius 1 is 1.06 bits per heavy atom. The molecule has 4 heteroatoms. The molecule has 3 aliphatic rings. The average Bonchev–Trinajstić information content (AvgIpc) is 2.80. The summed E-state index contributed by atoms with van der Waals surface area (Å²) in [5.41, 5.74) is 0. The summed E-state index contributed by atoms with van der Waals surface area (Å²) in [6.45, 7) is 2.11. The molecule has 3 fully saturated rings. The molecule has 32 heavy (non-hydrogen) atoms. The third-order valence-electron chi connectivity index (χ3n) is 8.63. The quantitative estimate of drug-likeness (QED) is 0.242. The molecule has 4 atom stereocenters. The zero-order valence-electron chi connectivity index (χ0n) is 19.4.